The molecule has 2 aliphatic rings. The van der Waals surface area contributed by atoms with Crippen molar-refractivity contribution in [1.82, 2.24) is 10.6 Å². The maximum atomic E-state index is 13.0. The quantitative estimate of drug-likeness (QED) is 0.276. The fraction of sp³-hybridized carbons (Fsp3) is 0.565. The van der Waals surface area contributed by atoms with Gasteiger partial charge in [-0.1, -0.05) is 17.7 Å². The topological polar surface area (TPSA) is 162 Å². The van der Waals surface area contributed by atoms with Gasteiger partial charge in [-0.25, -0.2) is 9.98 Å². The highest BCUT2D eigenvalue weighted by molar-refractivity contribution is 6.67. The Hall–Kier alpha value is -2.89. The summed E-state index contributed by atoms with van der Waals surface area (Å²) in [6, 6.07) is 6.15. The summed E-state index contributed by atoms with van der Waals surface area (Å²) >= 11 is 6.04. The summed E-state index contributed by atoms with van der Waals surface area (Å²) in [5, 5.41) is 14.6. The van der Waals surface area contributed by atoms with Crippen LogP contribution in [0.3, 0.4) is 0 Å². The maximum absolute atomic E-state index is 13.0. The van der Waals surface area contributed by atoms with Crippen LogP contribution >= 0.6 is 11.6 Å². The monoisotopic (exact) mass is 506 g/mol. The number of halogens is 1. The molecule has 12 heteroatoms. The molecule has 0 fully saturated rings. The largest absolute Gasteiger partial charge is 0.396 e. The van der Waals surface area contributed by atoms with E-state index >= 15 is 0 Å². The van der Waals surface area contributed by atoms with Gasteiger partial charge in [0, 0.05) is 33.2 Å². The molecule has 0 saturated carbocycles. The number of benzene rings is 1. The molecule has 3 unspecified atom stereocenters. The number of aryl methyl sites for hydroxylation is 1. The van der Waals surface area contributed by atoms with E-state index in [1.165, 1.54) is 0 Å². The van der Waals surface area contributed by atoms with Crippen LogP contribution in [0.15, 0.2) is 28.2 Å². The fourth-order valence-electron chi connectivity index (χ4n) is 4.25. The van der Waals surface area contributed by atoms with Gasteiger partial charge in [-0.3, -0.25) is 9.59 Å². The molecule has 7 N–H and O–H groups in total. The number of aliphatic imine (C=N–C) groups is 2. The lowest BCUT2D eigenvalue weighted by atomic mass is 9.99. The van der Waals surface area contributed by atoms with Crippen LogP contribution in [-0.4, -0.2) is 79.1 Å². The van der Waals surface area contributed by atoms with Gasteiger partial charge in [0.05, 0.1) is 17.9 Å². The Morgan fingerprint density at radius 2 is 2.03 bits per heavy atom. The van der Waals surface area contributed by atoms with Crippen LogP contribution < -0.4 is 31.9 Å². The van der Waals surface area contributed by atoms with E-state index in [9.17, 15) is 9.59 Å². The third kappa shape index (κ3) is 5.68. The number of nitrogens with one attached hydrogen (secondary N) is 2. The Labute approximate surface area is 210 Å². The van der Waals surface area contributed by atoms with Crippen molar-refractivity contribution >= 4 is 45.8 Å². The van der Waals surface area contributed by atoms with Gasteiger partial charge in [-0.2, -0.15) is 0 Å². The normalized spacial score (nSPS) is 23.5. The van der Waals surface area contributed by atoms with Crippen molar-refractivity contribution in [3.63, 3.8) is 0 Å². The second-order valence-corrected chi connectivity index (χ2v) is 9.19. The minimum absolute atomic E-state index is 0.0207. The van der Waals surface area contributed by atoms with Gasteiger partial charge < -0.3 is 37.0 Å². The van der Waals surface area contributed by atoms with Crippen LogP contribution in [0, 0.1) is 0 Å². The predicted octanol–water partition coefficient (Wildman–Crippen LogP) is -0.112. The molecule has 3 atom stereocenters. The first-order chi connectivity index (χ1) is 16.6. The molecule has 192 valence electrons. The number of fused-ring (bicyclic) bond motifs is 1. The molecule has 0 aliphatic carbocycles. The van der Waals surface area contributed by atoms with E-state index in [1.807, 2.05) is 19.2 Å². The summed E-state index contributed by atoms with van der Waals surface area (Å²) in [6.45, 7) is 5.19. The number of carbonyl (C=O) groups is 2. The summed E-state index contributed by atoms with van der Waals surface area (Å²) in [5.41, 5.74) is 13.4. The van der Waals surface area contributed by atoms with Gasteiger partial charge in [0.15, 0.2) is 11.7 Å². The van der Waals surface area contributed by atoms with Crippen molar-refractivity contribution in [2.75, 3.05) is 43.1 Å². The average Bonchev–Trinajstić information content (AvgIpc) is 3.10. The Bertz CT molecular complexity index is 1020. The lowest BCUT2D eigenvalue weighted by molar-refractivity contribution is -0.123. The van der Waals surface area contributed by atoms with Crippen molar-refractivity contribution in [3.8, 4) is 0 Å². The number of rotatable bonds is 10. The van der Waals surface area contributed by atoms with Gasteiger partial charge in [-0.15, -0.1) is 0 Å². The first-order valence-corrected chi connectivity index (χ1v) is 12.1. The van der Waals surface area contributed by atoms with Crippen molar-refractivity contribution < 1.29 is 14.7 Å². The average molecular weight is 507 g/mol. The second kappa shape index (κ2) is 11.2. The number of nitrogens with two attached hydrogens (primary N) is 2. The smallest absolute Gasteiger partial charge is 0.255 e. The summed E-state index contributed by atoms with van der Waals surface area (Å²) in [6.07, 6.45) is 0.553. The predicted molar refractivity (Wildman–Crippen MR) is 139 cm³/mol. The number of likely N-dealkylation sites (N-methyl/N-ethyl adjacent to an activating group) is 2. The first kappa shape index (κ1) is 26.7. The fourth-order valence-corrected chi connectivity index (χ4v) is 4.47. The SMILES string of the molecule is CCN1c2cc(CCC(=O)NCCCO)ccc2N(C)C1CNC(=O)C1(C)N=C(Cl)C(N)N=C1N. The van der Waals surface area contributed by atoms with Crippen LogP contribution in [0.4, 0.5) is 11.4 Å². The highest BCUT2D eigenvalue weighted by atomic mass is 35.5. The molecule has 3 rings (SSSR count). The molecule has 35 heavy (non-hydrogen) atoms. The minimum Gasteiger partial charge on any atom is -0.396 e. The van der Waals surface area contributed by atoms with Gasteiger partial charge in [0.25, 0.3) is 5.91 Å². The van der Waals surface area contributed by atoms with Crippen molar-refractivity contribution in [2.24, 2.45) is 21.5 Å². The molecule has 0 radical (unpaired) electrons. The Morgan fingerprint density at radius 1 is 1.29 bits per heavy atom. The molecular formula is C23H35ClN8O3. The molecule has 0 saturated heterocycles. The van der Waals surface area contributed by atoms with E-state index in [4.69, 9.17) is 28.2 Å². The lowest BCUT2D eigenvalue weighted by Crippen LogP contribution is -2.58. The van der Waals surface area contributed by atoms with Crippen LogP contribution in [0.25, 0.3) is 0 Å². The number of amides is 2. The van der Waals surface area contributed by atoms with E-state index < -0.39 is 17.6 Å². The number of amidine groups is 1. The zero-order valence-corrected chi connectivity index (χ0v) is 21.2. The van der Waals surface area contributed by atoms with Crippen molar-refractivity contribution in [3.05, 3.63) is 23.8 Å². The maximum Gasteiger partial charge on any atom is 0.255 e. The number of aliphatic hydroxyl groups is 1. The summed E-state index contributed by atoms with van der Waals surface area (Å²) in [7, 11) is 1.98. The molecule has 2 amide bonds. The van der Waals surface area contributed by atoms with E-state index in [2.05, 4.69) is 43.4 Å². The zero-order valence-electron chi connectivity index (χ0n) is 20.4. The van der Waals surface area contributed by atoms with Crippen molar-refractivity contribution in [1.29, 1.82) is 0 Å². The second-order valence-electron chi connectivity index (χ2n) is 8.80. The van der Waals surface area contributed by atoms with Gasteiger partial charge in [0.1, 0.15) is 17.2 Å². The van der Waals surface area contributed by atoms with Crippen molar-refractivity contribution in [2.45, 2.75) is 51.0 Å². The minimum atomic E-state index is -1.42. The third-order valence-corrected chi connectivity index (χ3v) is 6.72. The third-order valence-electron chi connectivity index (χ3n) is 6.41. The Kier molecular flexibility index (Phi) is 8.57. The molecule has 0 aromatic heterocycles. The zero-order chi connectivity index (χ0) is 25.8. The van der Waals surface area contributed by atoms with Crippen LogP contribution in [-0.2, 0) is 16.0 Å². The molecule has 1 aromatic carbocycles. The van der Waals surface area contributed by atoms with Gasteiger partial charge in [-0.05, 0) is 44.4 Å². The number of hydrogen-bond acceptors (Lipinski definition) is 9. The number of anilines is 2. The summed E-state index contributed by atoms with van der Waals surface area (Å²) < 4.78 is 0. The highest BCUT2D eigenvalue weighted by Crippen LogP contribution is 2.39. The molecule has 0 spiro atoms. The van der Waals surface area contributed by atoms with E-state index in [-0.39, 0.29) is 29.7 Å². The number of nitrogens with zero attached hydrogens (tertiary/aromatic N) is 4. The molecule has 1 aromatic rings. The Balaban J connectivity index is 1.66. The van der Waals surface area contributed by atoms with E-state index in [1.54, 1.807) is 6.92 Å². The lowest BCUT2D eigenvalue weighted by Gasteiger charge is -2.33. The number of hydrogen-bond donors (Lipinski definition) is 5. The van der Waals surface area contributed by atoms with Crippen LogP contribution in [0.1, 0.15) is 32.3 Å². The van der Waals surface area contributed by atoms with Crippen LogP contribution in [0.5, 0.6) is 0 Å². The van der Waals surface area contributed by atoms with E-state index in [0.717, 1.165) is 23.5 Å². The molecule has 2 aliphatic heterocycles. The first-order valence-electron chi connectivity index (χ1n) is 11.7. The molecule has 11 nitrogen and oxygen atoms in total. The van der Waals surface area contributed by atoms with Gasteiger partial charge in [0.2, 0.25) is 5.91 Å². The standard InChI is InChI=1S/C23H35ClN8O3/c1-4-32-16-12-14(7-9-17(34)27-10-5-11-33)6-8-15(16)31(3)18(32)13-28-22(35)23(2)21(26)29-20(25)19(24)30-23/h6,8,12,18,20,33H,4-5,7,9-11,13,25H2,1-3H3,(H2,26,29)(H,27,34)(H,28,35). The number of aliphatic hydroxyl groups excluding tert-OH is 1. The molecule has 2 heterocycles. The molecular weight excluding hydrogens is 472 g/mol. The Morgan fingerprint density at radius 3 is 2.71 bits per heavy atom. The van der Waals surface area contributed by atoms with Crippen LogP contribution in [0.2, 0.25) is 0 Å². The van der Waals surface area contributed by atoms with Gasteiger partial charge >= 0.3 is 0 Å². The summed E-state index contributed by atoms with van der Waals surface area (Å²) in [5.74, 6) is -0.420. The molecule has 0 bridgehead atoms. The number of carbonyl (C=O) groups excluding carboxylic acids is 2. The summed E-state index contributed by atoms with van der Waals surface area (Å²) in [4.78, 5) is 37.6. The highest BCUT2D eigenvalue weighted by Gasteiger charge is 2.42. The van der Waals surface area contributed by atoms with E-state index in [0.29, 0.717) is 32.4 Å².